The topological polar surface area (TPSA) is 93.0 Å². The van der Waals surface area contributed by atoms with Crippen LogP contribution in [0, 0.1) is 11.3 Å². The summed E-state index contributed by atoms with van der Waals surface area (Å²) >= 11 is 0. The molecule has 1 aromatic rings. The van der Waals surface area contributed by atoms with Crippen molar-refractivity contribution in [1.82, 2.24) is 0 Å². The van der Waals surface area contributed by atoms with E-state index in [1.165, 1.54) is 0 Å². The number of benzene rings is 1. The van der Waals surface area contributed by atoms with Crippen LogP contribution in [-0.2, 0) is 0 Å². The normalized spacial score (nSPS) is 7.46. The molecule has 0 bridgehead atoms. The van der Waals surface area contributed by atoms with Crippen LogP contribution < -0.4 is 10.2 Å². The maximum absolute atomic E-state index is 8.18. The summed E-state index contributed by atoms with van der Waals surface area (Å²) in [6, 6.07) is 8.79. The smallest absolute Gasteiger partial charge is 0.870 e. The van der Waals surface area contributed by atoms with Gasteiger partial charge in [0.1, 0.15) is 0 Å². The van der Waals surface area contributed by atoms with Crippen LogP contribution in [0.3, 0.4) is 0 Å². The van der Waals surface area contributed by atoms with Gasteiger partial charge in [0.2, 0.25) is 0 Å². The van der Waals surface area contributed by atoms with Crippen molar-refractivity contribution < 1.29 is 15.7 Å². The molecule has 0 atom stereocenters. The summed E-state index contributed by atoms with van der Waals surface area (Å²) in [4.78, 5) is 0. The Hall–Kier alpha value is -1.51. The summed E-state index contributed by atoms with van der Waals surface area (Å²) in [5, 5.41) is 8.18. The molecule has 4 nitrogen and oxygen atoms in total. The van der Waals surface area contributed by atoms with E-state index in [1.54, 1.807) is 24.3 Å². The minimum absolute atomic E-state index is 0. The van der Waals surface area contributed by atoms with Gasteiger partial charge >= 0.3 is 66.0 Å². The molecule has 0 heterocycles. The second kappa shape index (κ2) is 7.16. The van der Waals surface area contributed by atoms with E-state index >= 15 is 0 Å². The zero-order valence-electron chi connectivity index (χ0n) is 6.84. The van der Waals surface area contributed by atoms with Gasteiger partial charge in [-0.3, -0.25) is 0 Å². The van der Waals surface area contributed by atoms with E-state index < -0.39 is 0 Å². The maximum Gasteiger partial charge on any atom is -0.870 e. The minimum atomic E-state index is 0. The molecule has 0 aliphatic rings. The molecule has 1 rings (SSSR count). The van der Waals surface area contributed by atoms with Gasteiger partial charge < -0.3 is 11.0 Å². The van der Waals surface area contributed by atoms with Gasteiger partial charge in [-0.25, -0.2) is 0 Å². The molecule has 2 N–H and O–H groups in total. The third-order valence-corrected chi connectivity index (χ3v) is 1.18. The van der Waals surface area contributed by atoms with Gasteiger partial charge in [0.25, 0.3) is 0 Å². The molecule has 0 unspecified atom stereocenters. The van der Waals surface area contributed by atoms with Crippen molar-refractivity contribution in [3.8, 4) is 11.8 Å². The molecule has 0 fully saturated rings. The first kappa shape index (κ1) is 14.0. The molecule has 5 heteroatoms. The summed E-state index contributed by atoms with van der Waals surface area (Å²) in [5.41, 5.74) is 0.689. The molecular formula is C8H8BNO3. The number of rotatable bonds is 2. The van der Waals surface area contributed by atoms with Gasteiger partial charge in [-0.15, -0.1) is 0 Å². The SMILES string of the molecule is [B+2]c1ccc(OCC#N)cc1.[OH-].[OH-]. The van der Waals surface area contributed by atoms with E-state index in [9.17, 15) is 0 Å². The third-order valence-electron chi connectivity index (χ3n) is 1.18. The van der Waals surface area contributed by atoms with Crippen molar-refractivity contribution >= 4 is 13.3 Å². The van der Waals surface area contributed by atoms with Crippen LogP contribution in [-0.4, -0.2) is 25.4 Å². The van der Waals surface area contributed by atoms with Gasteiger partial charge in [0.05, 0.1) is 0 Å². The number of nitrogens with zero attached hydrogens (tertiary/aromatic N) is 1. The first-order chi connectivity index (χ1) is 5.33. The third kappa shape index (κ3) is 4.85. The summed E-state index contributed by atoms with van der Waals surface area (Å²) in [5.74, 6) is 0.667. The first-order valence-electron chi connectivity index (χ1n) is 3.18. The molecule has 66 valence electrons. The molecule has 0 spiro atoms. The number of hydrogen-bond acceptors (Lipinski definition) is 4. The fourth-order valence-electron chi connectivity index (χ4n) is 0.680. The van der Waals surface area contributed by atoms with Crippen molar-refractivity contribution in [2.45, 2.75) is 0 Å². The Kier molecular flexibility index (Phi) is 7.74. The van der Waals surface area contributed by atoms with Crippen LogP contribution in [0.5, 0.6) is 5.75 Å². The molecule has 0 aromatic heterocycles. The number of nitriles is 1. The second-order valence-electron chi connectivity index (χ2n) is 2.02. The van der Waals surface area contributed by atoms with E-state index in [0.717, 1.165) is 0 Å². The van der Waals surface area contributed by atoms with Crippen LogP contribution in [0.25, 0.3) is 0 Å². The standard InChI is InChI=1S/C8H6BNO.2H2O/c9-7-1-3-8(4-2-7)11-6-5-10;;/h1-4H,6H2;2*1H2/q+2;;/p-2. The largest absolute Gasteiger partial charge is 0.870 e. The molecule has 13 heavy (non-hydrogen) atoms. The molecule has 0 amide bonds. The molecule has 0 saturated heterocycles. The van der Waals surface area contributed by atoms with Crippen LogP contribution in [0.15, 0.2) is 24.3 Å². The fraction of sp³-hybridized carbons (Fsp3) is 0.125. The Morgan fingerprint density at radius 1 is 1.23 bits per heavy atom. The van der Waals surface area contributed by atoms with Crippen molar-refractivity contribution in [2.24, 2.45) is 0 Å². The van der Waals surface area contributed by atoms with Gasteiger partial charge in [-0.2, -0.15) is 0 Å². The van der Waals surface area contributed by atoms with E-state index in [-0.39, 0.29) is 17.6 Å². The van der Waals surface area contributed by atoms with Crippen LogP contribution in [0.4, 0.5) is 0 Å². The Morgan fingerprint density at radius 3 is 2.23 bits per heavy atom. The fourth-order valence-corrected chi connectivity index (χ4v) is 0.680. The van der Waals surface area contributed by atoms with Gasteiger partial charge in [0, 0.05) is 0 Å². The average molecular weight is 177 g/mol. The van der Waals surface area contributed by atoms with Crippen LogP contribution in [0.1, 0.15) is 0 Å². The number of ether oxygens (including phenoxy) is 1. The van der Waals surface area contributed by atoms with E-state index in [0.29, 0.717) is 11.2 Å². The Balaban J connectivity index is 0. The average Bonchev–Trinajstić information content (AvgIpc) is 2.04. The Morgan fingerprint density at radius 2 is 1.77 bits per heavy atom. The first-order valence-corrected chi connectivity index (χ1v) is 3.18. The number of hydrogen-bond donors (Lipinski definition) is 0. The Labute approximate surface area is 77.8 Å². The molecule has 0 aliphatic carbocycles. The monoisotopic (exact) mass is 177 g/mol. The summed E-state index contributed by atoms with van der Waals surface area (Å²) in [6.45, 7) is 0.0733. The van der Waals surface area contributed by atoms with Gasteiger partial charge in [-0.05, 0) is 0 Å². The van der Waals surface area contributed by atoms with Crippen molar-refractivity contribution in [1.29, 1.82) is 5.26 Å². The van der Waals surface area contributed by atoms with Crippen molar-refractivity contribution in [3.05, 3.63) is 24.3 Å². The van der Waals surface area contributed by atoms with E-state index in [2.05, 4.69) is 0 Å². The quantitative estimate of drug-likeness (QED) is 0.595. The van der Waals surface area contributed by atoms with Crippen molar-refractivity contribution in [2.75, 3.05) is 6.61 Å². The summed E-state index contributed by atoms with van der Waals surface area (Å²) < 4.78 is 4.99. The Bertz CT molecular complexity index is 268. The van der Waals surface area contributed by atoms with E-state index in [1.807, 2.05) is 6.07 Å². The molecule has 1 aromatic carbocycles. The molecule has 0 saturated carbocycles. The van der Waals surface area contributed by atoms with Crippen LogP contribution in [0.2, 0.25) is 0 Å². The minimum Gasteiger partial charge on any atom is -0.870 e. The van der Waals surface area contributed by atoms with Gasteiger partial charge in [0.15, 0.2) is 0 Å². The summed E-state index contributed by atoms with van der Waals surface area (Å²) in [6.07, 6.45) is 0. The zero-order chi connectivity index (χ0) is 8.10. The van der Waals surface area contributed by atoms with Crippen molar-refractivity contribution in [3.63, 3.8) is 0 Å². The second-order valence-corrected chi connectivity index (χ2v) is 2.02. The molecule has 0 radical (unpaired) electrons. The van der Waals surface area contributed by atoms with Gasteiger partial charge in [-0.1, -0.05) is 0 Å². The predicted molar refractivity (Wildman–Crippen MR) is 46.8 cm³/mol. The maximum atomic E-state index is 8.18. The molecular weight excluding hydrogens is 169 g/mol. The van der Waals surface area contributed by atoms with E-state index in [4.69, 9.17) is 17.8 Å². The molecule has 0 aliphatic heterocycles. The zero-order valence-corrected chi connectivity index (χ0v) is 6.84. The van der Waals surface area contributed by atoms with Crippen LogP contribution >= 0.6 is 0 Å². The predicted octanol–water partition coefficient (Wildman–Crippen LogP) is 0.0292. The summed E-state index contributed by atoms with van der Waals surface area (Å²) in [7, 11) is 5.43.